The summed E-state index contributed by atoms with van der Waals surface area (Å²) in [5, 5.41) is 23.9. The first-order valence-corrected chi connectivity index (χ1v) is 3.03. The summed E-state index contributed by atoms with van der Waals surface area (Å²) < 4.78 is 4.31. The molecule has 0 saturated carbocycles. The lowest BCUT2D eigenvalue weighted by atomic mass is 10.4. The summed E-state index contributed by atoms with van der Waals surface area (Å²) in [5.74, 6) is -1.19. The fraction of sp³-hybridized carbons (Fsp3) is 0.833. The van der Waals surface area contributed by atoms with Crippen molar-refractivity contribution in [2.75, 3.05) is 7.11 Å². The molecule has 0 bridgehead atoms. The summed E-state index contributed by atoms with van der Waals surface area (Å²) >= 11 is 0. The Kier molecular flexibility index (Phi) is 8.80. The molecule has 0 saturated heterocycles. The van der Waals surface area contributed by atoms with E-state index in [1.807, 2.05) is 0 Å². The molecule has 0 fully saturated rings. The van der Waals surface area contributed by atoms with Gasteiger partial charge in [0.1, 0.15) is 6.10 Å². The number of aliphatic carboxylic acids is 1. The summed E-state index contributed by atoms with van der Waals surface area (Å²) in [4.78, 5) is 9.45. The monoisotopic (exact) mass is 166 g/mol. The molecule has 0 rings (SSSR count). The second-order valence-electron chi connectivity index (χ2n) is 1.85. The number of rotatable bonds is 2. The predicted octanol–water partition coefficient (Wildman–Crippen LogP) is -0.577. The molecule has 11 heavy (non-hydrogen) atoms. The van der Waals surface area contributed by atoms with Crippen LogP contribution in [0, 0.1) is 0 Å². The van der Waals surface area contributed by atoms with Gasteiger partial charge in [0.2, 0.25) is 0 Å². The van der Waals surface area contributed by atoms with Gasteiger partial charge in [0.15, 0.2) is 6.29 Å². The van der Waals surface area contributed by atoms with Crippen molar-refractivity contribution in [1.82, 2.24) is 0 Å². The first kappa shape index (κ1) is 13.0. The standard InChI is InChI=1S/C3H6O3.C3H8O2/c1-2(4)3(5)6;1-3(4)5-2/h2,4H,1H3,(H,5,6);3-4H,1-2H3. The highest BCUT2D eigenvalue weighted by molar-refractivity contribution is 5.71. The first-order valence-electron chi connectivity index (χ1n) is 3.03. The molecule has 3 N–H and O–H groups in total. The maximum Gasteiger partial charge on any atom is 0.332 e. The van der Waals surface area contributed by atoms with Crippen molar-refractivity contribution in [1.29, 1.82) is 0 Å². The van der Waals surface area contributed by atoms with Crippen LogP contribution in [0.5, 0.6) is 0 Å². The smallest absolute Gasteiger partial charge is 0.332 e. The van der Waals surface area contributed by atoms with Gasteiger partial charge in [-0.15, -0.1) is 0 Å². The van der Waals surface area contributed by atoms with Crippen LogP contribution in [-0.2, 0) is 9.53 Å². The van der Waals surface area contributed by atoms with Gasteiger partial charge in [0, 0.05) is 7.11 Å². The fourth-order valence-electron chi connectivity index (χ4n) is 0. The van der Waals surface area contributed by atoms with E-state index in [1.54, 1.807) is 6.92 Å². The number of carboxylic acid groups (broad SMARTS) is 1. The van der Waals surface area contributed by atoms with Gasteiger partial charge in [-0.05, 0) is 13.8 Å². The number of hydrogen-bond acceptors (Lipinski definition) is 4. The Hall–Kier alpha value is -0.650. The maximum absolute atomic E-state index is 9.45. The maximum atomic E-state index is 9.45. The van der Waals surface area contributed by atoms with E-state index in [9.17, 15) is 4.79 Å². The minimum atomic E-state index is -1.23. The number of aliphatic hydroxyl groups excluding tert-OH is 2. The lowest BCUT2D eigenvalue weighted by Gasteiger charge is -1.94. The highest BCUT2D eigenvalue weighted by Crippen LogP contribution is 1.73. The van der Waals surface area contributed by atoms with Gasteiger partial charge in [-0.2, -0.15) is 0 Å². The minimum absolute atomic E-state index is 0.616. The summed E-state index contributed by atoms with van der Waals surface area (Å²) in [6.07, 6.45) is -1.85. The molecule has 5 nitrogen and oxygen atoms in total. The second-order valence-corrected chi connectivity index (χ2v) is 1.85. The highest BCUT2D eigenvalue weighted by Gasteiger charge is 2.01. The number of carboxylic acids is 1. The Bertz CT molecular complexity index is 99.1. The van der Waals surface area contributed by atoms with E-state index in [1.165, 1.54) is 14.0 Å². The summed E-state index contributed by atoms with van der Waals surface area (Å²) in [6, 6.07) is 0. The molecule has 0 amide bonds. The molecule has 0 heterocycles. The van der Waals surface area contributed by atoms with Crippen LogP contribution in [0.25, 0.3) is 0 Å². The van der Waals surface area contributed by atoms with E-state index < -0.39 is 18.4 Å². The van der Waals surface area contributed by atoms with Crippen molar-refractivity contribution in [2.45, 2.75) is 26.2 Å². The highest BCUT2D eigenvalue weighted by atomic mass is 16.6. The van der Waals surface area contributed by atoms with Gasteiger partial charge in [-0.25, -0.2) is 4.79 Å². The molecule has 2 unspecified atom stereocenters. The molecule has 0 aliphatic rings. The van der Waals surface area contributed by atoms with Crippen LogP contribution < -0.4 is 0 Å². The van der Waals surface area contributed by atoms with Crippen molar-refractivity contribution >= 4 is 5.97 Å². The van der Waals surface area contributed by atoms with E-state index in [4.69, 9.17) is 15.3 Å². The lowest BCUT2D eigenvalue weighted by Crippen LogP contribution is -2.13. The van der Waals surface area contributed by atoms with Crippen LogP contribution >= 0.6 is 0 Å². The molecule has 0 aromatic carbocycles. The van der Waals surface area contributed by atoms with Crippen molar-refractivity contribution in [3.8, 4) is 0 Å². The Labute approximate surface area is 65.2 Å². The van der Waals surface area contributed by atoms with Crippen molar-refractivity contribution < 1.29 is 24.9 Å². The first-order chi connectivity index (χ1) is 4.91. The second kappa shape index (κ2) is 7.46. The summed E-state index contributed by atoms with van der Waals surface area (Å²) in [7, 11) is 1.45. The molecule has 2 atom stereocenters. The Morgan fingerprint density at radius 3 is 1.55 bits per heavy atom. The number of hydrogen-bond donors (Lipinski definition) is 3. The summed E-state index contributed by atoms with van der Waals surface area (Å²) in [6.45, 7) is 2.75. The molecule has 0 radical (unpaired) electrons. The number of ether oxygens (including phenoxy) is 1. The Morgan fingerprint density at radius 2 is 1.55 bits per heavy atom. The van der Waals surface area contributed by atoms with Crippen molar-refractivity contribution in [3.05, 3.63) is 0 Å². The average Bonchev–Trinajstić information content (AvgIpc) is 1.89. The number of methoxy groups -OCH3 is 1. The van der Waals surface area contributed by atoms with Crippen LogP contribution in [0.15, 0.2) is 0 Å². The molecule has 0 spiro atoms. The molecule has 0 aromatic rings. The summed E-state index contributed by atoms with van der Waals surface area (Å²) in [5.41, 5.74) is 0. The largest absolute Gasteiger partial charge is 0.479 e. The van der Waals surface area contributed by atoms with Crippen LogP contribution in [0.4, 0.5) is 0 Å². The molecule has 0 aliphatic carbocycles. The van der Waals surface area contributed by atoms with Gasteiger partial charge in [-0.1, -0.05) is 0 Å². The zero-order valence-electron chi connectivity index (χ0n) is 6.81. The Morgan fingerprint density at radius 1 is 1.36 bits per heavy atom. The fourth-order valence-corrected chi connectivity index (χ4v) is 0. The van der Waals surface area contributed by atoms with Gasteiger partial charge >= 0.3 is 5.97 Å². The average molecular weight is 166 g/mol. The molecule has 0 aliphatic heterocycles. The zero-order valence-corrected chi connectivity index (χ0v) is 6.81. The third kappa shape index (κ3) is 17.6. The van der Waals surface area contributed by atoms with Gasteiger partial charge in [-0.3, -0.25) is 0 Å². The van der Waals surface area contributed by atoms with Gasteiger partial charge < -0.3 is 20.1 Å². The van der Waals surface area contributed by atoms with Crippen LogP contribution in [0.3, 0.4) is 0 Å². The molecular formula is C6H14O5. The third-order valence-corrected chi connectivity index (χ3v) is 0.699. The minimum Gasteiger partial charge on any atom is -0.479 e. The normalized spacial score (nSPS) is 14.3. The van der Waals surface area contributed by atoms with Crippen molar-refractivity contribution in [3.63, 3.8) is 0 Å². The molecule has 68 valence electrons. The predicted molar refractivity (Wildman–Crippen MR) is 38.0 cm³/mol. The van der Waals surface area contributed by atoms with E-state index >= 15 is 0 Å². The quantitative estimate of drug-likeness (QED) is 0.478. The third-order valence-electron chi connectivity index (χ3n) is 0.699. The van der Waals surface area contributed by atoms with Crippen LogP contribution in [0.2, 0.25) is 0 Å². The van der Waals surface area contributed by atoms with E-state index in [2.05, 4.69) is 4.74 Å². The zero-order chi connectivity index (χ0) is 9.44. The topological polar surface area (TPSA) is 87.0 Å². The van der Waals surface area contributed by atoms with Gasteiger partial charge in [0.25, 0.3) is 0 Å². The van der Waals surface area contributed by atoms with Crippen molar-refractivity contribution in [2.24, 2.45) is 0 Å². The van der Waals surface area contributed by atoms with Crippen LogP contribution in [0.1, 0.15) is 13.8 Å². The van der Waals surface area contributed by atoms with E-state index in [-0.39, 0.29) is 0 Å². The van der Waals surface area contributed by atoms with Crippen LogP contribution in [-0.4, -0.2) is 40.8 Å². The molecular weight excluding hydrogens is 152 g/mol. The van der Waals surface area contributed by atoms with Gasteiger partial charge in [0.05, 0.1) is 0 Å². The molecule has 5 heteroatoms. The number of aliphatic hydroxyl groups is 2. The molecule has 0 aromatic heterocycles. The number of carbonyl (C=O) groups is 1. The lowest BCUT2D eigenvalue weighted by molar-refractivity contribution is -0.145. The Balaban J connectivity index is 0. The van der Waals surface area contributed by atoms with E-state index in [0.717, 1.165) is 0 Å². The SMILES string of the molecule is CC(O)C(=O)O.COC(C)O. The van der Waals surface area contributed by atoms with E-state index in [0.29, 0.717) is 0 Å².